The fourth-order valence-electron chi connectivity index (χ4n) is 3.40. The molecule has 0 fully saturated rings. The number of ether oxygens (including phenoxy) is 1. The number of hydrogen-bond acceptors (Lipinski definition) is 5. The van der Waals surface area contributed by atoms with Crippen molar-refractivity contribution >= 4 is 23.2 Å². The summed E-state index contributed by atoms with van der Waals surface area (Å²) in [5.41, 5.74) is 10.2. The largest absolute Gasteiger partial charge is 0.365 e. The number of rotatable bonds is 3. The highest BCUT2D eigenvalue weighted by molar-refractivity contribution is 7.15. The summed E-state index contributed by atoms with van der Waals surface area (Å²) in [5.74, 6) is -1.39. The molecule has 2 amide bonds. The zero-order valence-electron chi connectivity index (χ0n) is 14.4. The number of thiophene rings is 1. The van der Waals surface area contributed by atoms with Gasteiger partial charge in [-0.1, -0.05) is 0 Å². The van der Waals surface area contributed by atoms with Gasteiger partial charge in [0.25, 0.3) is 11.8 Å². The molecule has 0 bridgehead atoms. The number of aromatic amines is 1. The fraction of sp³-hybridized carbons (Fsp3) is 0.438. The topological polar surface area (TPSA) is 133 Å². The van der Waals surface area contributed by atoms with Crippen LogP contribution in [0.15, 0.2) is 11.0 Å². The summed E-state index contributed by atoms with van der Waals surface area (Å²) in [6.45, 7) is 7.69. The molecule has 8 nitrogen and oxygen atoms in total. The van der Waals surface area contributed by atoms with Gasteiger partial charge in [0.2, 0.25) is 0 Å². The van der Waals surface area contributed by atoms with E-state index in [0.29, 0.717) is 11.4 Å². The number of nitrogens with two attached hydrogens (primary N) is 2. The Balaban J connectivity index is 2.31. The molecule has 3 rings (SSSR count). The van der Waals surface area contributed by atoms with Crippen LogP contribution >= 0.6 is 11.3 Å². The molecule has 0 spiro atoms. The third-order valence-corrected chi connectivity index (χ3v) is 5.65. The summed E-state index contributed by atoms with van der Waals surface area (Å²) in [6.07, 6.45) is 1.77. The maximum Gasteiger partial charge on any atom is 0.331 e. The molecule has 0 saturated carbocycles. The Morgan fingerprint density at radius 2 is 1.88 bits per heavy atom. The van der Waals surface area contributed by atoms with Crippen LogP contribution in [0.1, 0.15) is 59.0 Å². The van der Waals surface area contributed by atoms with Crippen molar-refractivity contribution in [1.82, 2.24) is 9.55 Å². The predicted octanol–water partition coefficient (Wildman–Crippen LogP) is 1.01. The molecule has 1 aliphatic rings. The van der Waals surface area contributed by atoms with Crippen molar-refractivity contribution in [3.05, 3.63) is 38.4 Å². The molecule has 134 valence electrons. The van der Waals surface area contributed by atoms with Crippen molar-refractivity contribution in [3.63, 3.8) is 0 Å². The highest BCUT2D eigenvalue weighted by Crippen LogP contribution is 2.47. The second kappa shape index (κ2) is 5.30. The van der Waals surface area contributed by atoms with Crippen molar-refractivity contribution in [2.45, 2.75) is 45.3 Å². The maximum atomic E-state index is 12.2. The van der Waals surface area contributed by atoms with E-state index in [2.05, 4.69) is 4.98 Å². The number of H-pyrrole nitrogens is 1. The number of hydrogen-bond donors (Lipinski definition) is 3. The molecule has 2 aromatic rings. The van der Waals surface area contributed by atoms with Crippen LogP contribution in [0, 0.1) is 0 Å². The van der Waals surface area contributed by atoms with Crippen molar-refractivity contribution in [2.75, 3.05) is 0 Å². The normalized spacial score (nSPS) is 17.9. The summed E-state index contributed by atoms with van der Waals surface area (Å²) in [4.78, 5) is 39.0. The van der Waals surface area contributed by atoms with E-state index in [4.69, 9.17) is 16.2 Å². The molecule has 3 heterocycles. The van der Waals surface area contributed by atoms with E-state index in [0.717, 1.165) is 10.4 Å². The van der Waals surface area contributed by atoms with Gasteiger partial charge in [0, 0.05) is 17.5 Å². The number of amides is 2. The lowest BCUT2D eigenvalue weighted by molar-refractivity contribution is -0.135. The Kier molecular flexibility index (Phi) is 3.70. The summed E-state index contributed by atoms with van der Waals surface area (Å²) >= 11 is 1.26. The standard InChI is InChI=1S/C16H20N4O4S/c1-15(2)5-7-9(12(18)22)13(25-10(7)16(3,4)24-15)20-6-8(11(17)21)19-14(20)23/h6H,5H2,1-4H3,(H2,17,21)(H2,18,22)(H,19,23). The highest BCUT2D eigenvalue weighted by Gasteiger charge is 2.43. The van der Waals surface area contributed by atoms with Gasteiger partial charge in [-0.05, 0) is 33.3 Å². The summed E-state index contributed by atoms with van der Waals surface area (Å²) in [7, 11) is 0. The molecular formula is C16H20N4O4S. The van der Waals surface area contributed by atoms with Crippen LogP contribution < -0.4 is 17.2 Å². The lowest BCUT2D eigenvalue weighted by Gasteiger charge is -2.41. The zero-order valence-corrected chi connectivity index (χ0v) is 15.2. The minimum atomic E-state index is -0.761. The number of carbonyl (C=O) groups is 2. The van der Waals surface area contributed by atoms with E-state index in [1.807, 2.05) is 27.7 Å². The highest BCUT2D eigenvalue weighted by atomic mass is 32.1. The molecule has 9 heteroatoms. The first kappa shape index (κ1) is 17.4. The number of fused-ring (bicyclic) bond motifs is 1. The van der Waals surface area contributed by atoms with E-state index in [1.165, 1.54) is 22.1 Å². The number of nitrogens with zero attached hydrogens (tertiary/aromatic N) is 1. The van der Waals surface area contributed by atoms with Crippen LogP contribution in [0.4, 0.5) is 0 Å². The lowest BCUT2D eigenvalue weighted by atomic mass is 9.86. The summed E-state index contributed by atoms with van der Waals surface area (Å²) in [6, 6.07) is 0. The van der Waals surface area contributed by atoms with Crippen molar-refractivity contribution < 1.29 is 14.3 Å². The smallest absolute Gasteiger partial charge is 0.331 e. The average Bonchev–Trinajstić information content (AvgIpc) is 2.97. The number of primary amides is 2. The first-order valence-corrected chi connectivity index (χ1v) is 8.52. The molecule has 1 aliphatic heterocycles. The predicted molar refractivity (Wildman–Crippen MR) is 93.2 cm³/mol. The van der Waals surface area contributed by atoms with E-state index in [9.17, 15) is 14.4 Å². The maximum absolute atomic E-state index is 12.2. The quantitative estimate of drug-likeness (QED) is 0.749. The Morgan fingerprint density at radius 1 is 1.24 bits per heavy atom. The molecular weight excluding hydrogens is 344 g/mol. The lowest BCUT2D eigenvalue weighted by Crippen LogP contribution is -2.42. The first-order chi connectivity index (χ1) is 11.4. The Hall–Kier alpha value is -2.39. The van der Waals surface area contributed by atoms with Gasteiger partial charge in [-0.2, -0.15) is 0 Å². The van der Waals surface area contributed by atoms with Gasteiger partial charge in [-0.15, -0.1) is 11.3 Å². The van der Waals surface area contributed by atoms with Crippen molar-refractivity contribution in [1.29, 1.82) is 0 Å². The van der Waals surface area contributed by atoms with Crippen LogP contribution in [0.25, 0.3) is 5.00 Å². The van der Waals surface area contributed by atoms with Crippen LogP contribution in [-0.4, -0.2) is 27.0 Å². The molecule has 0 aromatic carbocycles. The Labute approximate surface area is 147 Å². The van der Waals surface area contributed by atoms with Gasteiger partial charge in [0.05, 0.1) is 16.8 Å². The molecule has 5 N–H and O–H groups in total. The number of aromatic nitrogens is 2. The minimum Gasteiger partial charge on any atom is -0.365 e. The fourth-order valence-corrected chi connectivity index (χ4v) is 4.74. The molecule has 0 unspecified atom stereocenters. The molecule has 0 saturated heterocycles. The van der Waals surface area contributed by atoms with Gasteiger partial charge in [-0.3, -0.25) is 14.2 Å². The van der Waals surface area contributed by atoms with E-state index < -0.39 is 28.7 Å². The monoisotopic (exact) mass is 364 g/mol. The molecule has 2 aromatic heterocycles. The van der Waals surface area contributed by atoms with E-state index in [1.54, 1.807) is 0 Å². The van der Waals surface area contributed by atoms with Crippen LogP contribution in [0.2, 0.25) is 0 Å². The van der Waals surface area contributed by atoms with Crippen LogP contribution in [0.5, 0.6) is 0 Å². The van der Waals surface area contributed by atoms with Gasteiger partial charge >= 0.3 is 5.69 Å². The number of carbonyl (C=O) groups excluding carboxylic acids is 2. The van der Waals surface area contributed by atoms with E-state index >= 15 is 0 Å². The first-order valence-electron chi connectivity index (χ1n) is 7.71. The molecule has 0 aliphatic carbocycles. The number of imidazole rings is 1. The summed E-state index contributed by atoms with van der Waals surface area (Å²) < 4.78 is 7.33. The molecule has 0 atom stereocenters. The molecule has 0 radical (unpaired) electrons. The van der Waals surface area contributed by atoms with Crippen LogP contribution in [0.3, 0.4) is 0 Å². The molecule has 25 heavy (non-hydrogen) atoms. The Morgan fingerprint density at radius 3 is 2.40 bits per heavy atom. The minimum absolute atomic E-state index is 0.0392. The SMILES string of the molecule is CC1(C)Cc2c(sc(-n3cc(C(N)=O)[nH]c3=O)c2C(N)=O)C(C)(C)O1. The van der Waals surface area contributed by atoms with Crippen LogP contribution in [-0.2, 0) is 16.8 Å². The van der Waals surface area contributed by atoms with Gasteiger partial charge in [0.15, 0.2) is 0 Å². The van der Waals surface area contributed by atoms with Gasteiger partial charge in [0.1, 0.15) is 10.7 Å². The summed E-state index contributed by atoms with van der Waals surface area (Å²) in [5, 5.41) is 0.362. The van der Waals surface area contributed by atoms with E-state index in [-0.39, 0.29) is 11.3 Å². The zero-order chi connectivity index (χ0) is 18.7. The van der Waals surface area contributed by atoms with Crippen molar-refractivity contribution in [3.8, 4) is 5.00 Å². The number of nitrogens with one attached hydrogen (secondary N) is 1. The average molecular weight is 364 g/mol. The van der Waals surface area contributed by atoms with Gasteiger partial charge in [-0.25, -0.2) is 4.79 Å². The third kappa shape index (κ3) is 2.79. The Bertz CT molecular complexity index is 948. The third-order valence-electron chi connectivity index (χ3n) is 4.12. The van der Waals surface area contributed by atoms with Gasteiger partial charge < -0.3 is 21.2 Å². The second-order valence-corrected chi connectivity index (χ2v) is 8.21. The second-order valence-electron chi connectivity index (χ2n) is 7.21. The van der Waals surface area contributed by atoms with Crippen molar-refractivity contribution in [2.24, 2.45) is 11.5 Å².